The molecule has 1 heterocycles. The fraction of sp³-hybridized carbons (Fsp3) is 0.211. The summed E-state index contributed by atoms with van der Waals surface area (Å²) in [5, 5.41) is 1.01. The number of fused-ring (bicyclic) bond motifs is 1. The topological polar surface area (TPSA) is 32.9 Å². The van der Waals surface area contributed by atoms with E-state index in [-0.39, 0.29) is 5.78 Å². The van der Waals surface area contributed by atoms with Crippen LogP contribution in [0.2, 0.25) is 0 Å². The summed E-state index contributed by atoms with van der Waals surface area (Å²) in [7, 11) is 0. The van der Waals surface area contributed by atoms with Crippen LogP contribution in [0.15, 0.2) is 48.7 Å². The molecule has 0 aliphatic carbocycles. The van der Waals surface area contributed by atoms with Gasteiger partial charge in [-0.3, -0.25) is 4.79 Å². The molecule has 0 saturated heterocycles. The van der Waals surface area contributed by atoms with Crippen LogP contribution >= 0.6 is 0 Å². The predicted molar refractivity (Wildman–Crippen MR) is 86.9 cm³/mol. The number of carbonyl (C=O) groups excluding carboxylic acids is 1. The Labute approximate surface area is 124 Å². The molecule has 0 aliphatic heterocycles. The number of nitrogens with one attached hydrogen (secondary N) is 1. The molecule has 0 fully saturated rings. The van der Waals surface area contributed by atoms with E-state index in [1.165, 1.54) is 11.1 Å². The van der Waals surface area contributed by atoms with Crippen LogP contribution in [0.3, 0.4) is 0 Å². The lowest BCUT2D eigenvalue weighted by atomic mass is 9.99. The third kappa shape index (κ3) is 2.38. The Kier molecular flexibility index (Phi) is 3.61. The van der Waals surface area contributed by atoms with Crippen molar-refractivity contribution in [2.75, 3.05) is 0 Å². The Balaban J connectivity index is 2.05. The Morgan fingerprint density at radius 1 is 1.00 bits per heavy atom. The maximum atomic E-state index is 12.7. The molecule has 0 radical (unpaired) electrons. The highest BCUT2D eigenvalue weighted by atomic mass is 16.1. The number of para-hydroxylation sites is 1. The predicted octanol–water partition coefficient (Wildman–Crippen LogP) is 4.52. The van der Waals surface area contributed by atoms with Crippen molar-refractivity contribution in [2.24, 2.45) is 0 Å². The molecule has 2 heteroatoms. The molecule has 0 amide bonds. The first-order valence-electron chi connectivity index (χ1n) is 7.47. The van der Waals surface area contributed by atoms with Gasteiger partial charge in [-0.25, -0.2) is 0 Å². The van der Waals surface area contributed by atoms with Gasteiger partial charge < -0.3 is 4.98 Å². The number of carbonyl (C=O) groups is 1. The van der Waals surface area contributed by atoms with Gasteiger partial charge in [0.25, 0.3) is 0 Å². The molecule has 3 rings (SSSR count). The number of aromatic amines is 1. The molecule has 21 heavy (non-hydrogen) atoms. The summed E-state index contributed by atoms with van der Waals surface area (Å²) >= 11 is 0. The average molecular weight is 277 g/mol. The van der Waals surface area contributed by atoms with E-state index < -0.39 is 0 Å². The molecule has 0 spiro atoms. The van der Waals surface area contributed by atoms with E-state index in [1.807, 2.05) is 42.6 Å². The average Bonchev–Trinajstić information content (AvgIpc) is 2.98. The van der Waals surface area contributed by atoms with E-state index in [4.69, 9.17) is 0 Å². The highest BCUT2D eigenvalue weighted by molar-refractivity contribution is 6.16. The van der Waals surface area contributed by atoms with Crippen molar-refractivity contribution >= 4 is 16.7 Å². The molecule has 1 aromatic heterocycles. The van der Waals surface area contributed by atoms with Crippen molar-refractivity contribution in [2.45, 2.75) is 26.7 Å². The van der Waals surface area contributed by atoms with Gasteiger partial charge in [-0.2, -0.15) is 0 Å². The van der Waals surface area contributed by atoms with Crippen LogP contribution in [-0.4, -0.2) is 10.8 Å². The minimum atomic E-state index is 0.0807. The Morgan fingerprint density at radius 3 is 2.43 bits per heavy atom. The lowest BCUT2D eigenvalue weighted by molar-refractivity contribution is 0.104. The van der Waals surface area contributed by atoms with Crippen LogP contribution in [0, 0.1) is 0 Å². The lowest BCUT2D eigenvalue weighted by Crippen LogP contribution is -2.00. The van der Waals surface area contributed by atoms with Crippen molar-refractivity contribution in [3.8, 4) is 0 Å². The number of hydrogen-bond acceptors (Lipinski definition) is 1. The van der Waals surface area contributed by atoms with Crippen molar-refractivity contribution in [1.82, 2.24) is 4.98 Å². The van der Waals surface area contributed by atoms with Crippen LogP contribution in [0.1, 0.15) is 40.9 Å². The summed E-state index contributed by atoms with van der Waals surface area (Å²) in [5.74, 6) is 0.0807. The smallest absolute Gasteiger partial charge is 0.195 e. The molecular weight excluding hydrogens is 258 g/mol. The van der Waals surface area contributed by atoms with E-state index in [9.17, 15) is 4.79 Å². The van der Waals surface area contributed by atoms with Gasteiger partial charge in [-0.05, 0) is 24.0 Å². The van der Waals surface area contributed by atoms with Gasteiger partial charge in [0.1, 0.15) is 0 Å². The minimum Gasteiger partial charge on any atom is -0.360 e. The van der Waals surface area contributed by atoms with Gasteiger partial charge in [-0.15, -0.1) is 0 Å². The molecule has 0 atom stereocenters. The lowest BCUT2D eigenvalue weighted by Gasteiger charge is -2.03. The summed E-state index contributed by atoms with van der Waals surface area (Å²) < 4.78 is 0. The van der Waals surface area contributed by atoms with E-state index in [0.29, 0.717) is 0 Å². The molecule has 106 valence electrons. The highest BCUT2D eigenvalue weighted by Crippen LogP contribution is 2.24. The minimum absolute atomic E-state index is 0.0807. The molecule has 0 aliphatic rings. The Hall–Kier alpha value is -2.35. The SMILES string of the molecule is CCc1ccc(C(=O)c2c[nH]c3c(CC)cccc23)cc1. The van der Waals surface area contributed by atoms with Crippen LogP contribution < -0.4 is 0 Å². The molecule has 1 N–H and O–H groups in total. The van der Waals surface area contributed by atoms with Gasteiger partial charge in [0.05, 0.1) is 0 Å². The maximum Gasteiger partial charge on any atom is 0.195 e. The molecule has 3 aromatic rings. The standard InChI is InChI=1S/C19H19NO/c1-3-13-8-10-15(11-9-13)19(21)17-12-20-18-14(4-2)6-5-7-16(17)18/h5-12,20H,3-4H2,1-2H3. The van der Waals surface area contributed by atoms with Crippen LogP contribution in [-0.2, 0) is 12.8 Å². The molecule has 0 saturated carbocycles. The highest BCUT2D eigenvalue weighted by Gasteiger charge is 2.15. The third-order valence-electron chi connectivity index (χ3n) is 4.05. The molecule has 2 nitrogen and oxygen atoms in total. The molecular formula is C19H19NO. The molecule has 0 unspecified atom stereocenters. The number of H-pyrrole nitrogens is 1. The number of aryl methyl sites for hydroxylation is 2. The molecule has 0 bridgehead atoms. The number of benzene rings is 2. The normalized spacial score (nSPS) is 11.0. The summed E-state index contributed by atoms with van der Waals surface area (Å²) in [6.45, 7) is 4.24. The van der Waals surface area contributed by atoms with E-state index >= 15 is 0 Å². The van der Waals surface area contributed by atoms with Crippen molar-refractivity contribution < 1.29 is 4.79 Å². The fourth-order valence-electron chi connectivity index (χ4n) is 2.75. The number of aromatic nitrogens is 1. The van der Waals surface area contributed by atoms with Crippen molar-refractivity contribution in [3.05, 3.63) is 70.9 Å². The van der Waals surface area contributed by atoms with E-state index in [2.05, 4.69) is 24.9 Å². The van der Waals surface area contributed by atoms with Crippen molar-refractivity contribution in [1.29, 1.82) is 0 Å². The first kappa shape index (κ1) is 13.6. The van der Waals surface area contributed by atoms with Gasteiger partial charge in [0.15, 0.2) is 5.78 Å². The first-order chi connectivity index (χ1) is 10.2. The second-order valence-electron chi connectivity index (χ2n) is 5.28. The number of ketones is 1. The van der Waals surface area contributed by atoms with E-state index in [0.717, 1.165) is 34.9 Å². The van der Waals surface area contributed by atoms with Gasteiger partial charge >= 0.3 is 0 Å². The van der Waals surface area contributed by atoms with Gasteiger partial charge in [0.2, 0.25) is 0 Å². The zero-order chi connectivity index (χ0) is 14.8. The maximum absolute atomic E-state index is 12.7. The Morgan fingerprint density at radius 2 is 1.76 bits per heavy atom. The van der Waals surface area contributed by atoms with Crippen LogP contribution in [0.25, 0.3) is 10.9 Å². The zero-order valence-electron chi connectivity index (χ0n) is 12.4. The van der Waals surface area contributed by atoms with Crippen molar-refractivity contribution in [3.63, 3.8) is 0 Å². The second kappa shape index (κ2) is 5.57. The zero-order valence-corrected chi connectivity index (χ0v) is 12.4. The summed E-state index contributed by atoms with van der Waals surface area (Å²) in [6.07, 6.45) is 3.78. The monoisotopic (exact) mass is 277 g/mol. The van der Waals surface area contributed by atoms with Gasteiger partial charge in [-0.1, -0.05) is 56.3 Å². The number of rotatable bonds is 4. The fourth-order valence-corrected chi connectivity index (χ4v) is 2.75. The summed E-state index contributed by atoms with van der Waals surface area (Å²) in [4.78, 5) is 16.0. The third-order valence-corrected chi connectivity index (χ3v) is 4.05. The Bertz CT molecular complexity index is 781. The first-order valence-corrected chi connectivity index (χ1v) is 7.47. The van der Waals surface area contributed by atoms with Crippen LogP contribution in [0.4, 0.5) is 0 Å². The summed E-state index contributed by atoms with van der Waals surface area (Å²) in [6, 6.07) is 14.0. The largest absolute Gasteiger partial charge is 0.360 e. The van der Waals surface area contributed by atoms with E-state index in [1.54, 1.807) is 0 Å². The second-order valence-corrected chi connectivity index (χ2v) is 5.28. The van der Waals surface area contributed by atoms with Crippen LogP contribution in [0.5, 0.6) is 0 Å². The quantitative estimate of drug-likeness (QED) is 0.698. The summed E-state index contributed by atoms with van der Waals surface area (Å²) in [5.41, 5.74) is 5.07. The van der Waals surface area contributed by atoms with Gasteiger partial charge in [0, 0.05) is 28.2 Å². The molecule has 2 aromatic carbocycles. The number of hydrogen-bond donors (Lipinski definition) is 1.